The lowest BCUT2D eigenvalue weighted by Crippen LogP contribution is -2.36. The van der Waals surface area contributed by atoms with Gasteiger partial charge >= 0.3 is 0 Å². The van der Waals surface area contributed by atoms with Gasteiger partial charge in [-0.2, -0.15) is 0 Å². The fourth-order valence-electron chi connectivity index (χ4n) is 2.37. The molecular weight excluding hydrogens is 270 g/mol. The number of halogens is 1. The normalized spacial score (nSPS) is 17.9. The molecule has 2 rings (SSSR count). The average molecular weight is 288 g/mol. The lowest BCUT2D eigenvalue weighted by molar-refractivity contribution is 0.412. The summed E-state index contributed by atoms with van der Waals surface area (Å²) < 4.78 is 27.4. The number of benzene rings is 1. The largest absolute Gasteiger partial charge is 0.241 e. The van der Waals surface area contributed by atoms with Crippen molar-refractivity contribution in [2.45, 2.75) is 50.0 Å². The van der Waals surface area contributed by atoms with Gasteiger partial charge in [-0.1, -0.05) is 36.9 Å². The summed E-state index contributed by atoms with van der Waals surface area (Å²) in [5, 5.41) is 0.449. The van der Waals surface area contributed by atoms with Gasteiger partial charge in [0.2, 0.25) is 10.0 Å². The molecule has 1 aromatic carbocycles. The molecular formula is C13H18ClNO2S. The summed E-state index contributed by atoms with van der Waals surface area (Å²) in [5.41, 5.74) is 0.725. The van der Waals surface area contributed by atoms with E-state index in [2.05, 4.69) is 4.72 Å². The second-order valence-corrected chi connectivity index (χ2v) is 6.98. The Morgan fingerprint density at radius 3 is 2.56 bits per heavy atom. The third-order valence-electron chi connectivity index (χ3n) is 3.37. The summed E-state index contributed by atoms with van der Waals surface area (Å²) in [6.45, 7) is 1.78. The van der Waals surface area contributed by atoms with Gasteiger partial charge < -0.3 is 0 Å². The van der Waals surface area contributed by atoms with Crippen molar-refractivity contribution in [1.29, 1.82) is 0 Å². The van der Waals surface area contributed by atoms with E-state index in [1.165, 1.54) is 12.5 Å². The van der Waals surface area contributed by atoms with Crippen LogP contribution in [0, 0.1) is 6.92 Å². The van der Waals surface area contributed by atoms with Gasteiger partial charge in [0.15, 0.2) is 0 Å². The van der Waals surface area contributed by atoms with Gasteiger partial charge in [-0.05, 0) is 37.5 Å². The zero-order valence-corrected chi connectivity index (χ0v) is 12.0. The van der Waals surface area contributed by atoms with Crippen LogP contribution in [-0.2, 0) is 10.0 Å². The lowest BCUT2D eigenvalue weighted by atomic mass is 9.96. The van der Waals surface area contributed by atoms with E-state index in [9.17, 15) is 8.42 Å². The van der Waals surface area contributed by atoms with Crippen molar-refractivity contribution in [3.63, 3.8) is 0 Å². The number of rotatable bonds is 3. The maximum Gasteiger partial charge on any atom is 0.241 e. The number of aryl methyl sites for hydroxylation is 1. The van der Waals surface area contributed by atoms with E-state index >= 15 is 0 Å². The van der Waals surface area contributed by atoms with Crippen LogP contribution < -0.4 is 4.72 Å². The predicted octanol–water partition coefficient (Wildman–Crippen LogP) is 3.26. The van der Waals surface area contributed by atoms with Crippen LogP contribution in [0.3, 0.4) is 0 Å². The minimum atomic E-state index is -3.45. The quantitative estimate of drug-likeness (QED) is 0.927. The third kappa shape index (κ3) is 3.25. The van der Waals surface area contributed by atoms with Crippen molar-refractivity contribution in [3.05, 3.63) is 28.8 Å². The van der Waals surface area contributed by atoms with Gasteiger partial charge in [0.1, 0.15) is 0 Å². The summed E-state index contributed by atoms with van der Waals surface area (Å²) in [6.07, 6.45) is 5.26. The lowest BCUT2D eigenvalue weighted by Gasteiger charge is -2.23. The SMILES string of the molecule is Cc1ccc(Cl)cc1S(=O)(=O)NC1CCCCC1. The second-order valence-electron chi connectivity index (χ2n) is 4.87. The molecule has 1 aromatic rings. The maximum absolute atomic E-state index is 12.3. The van der Waals surface area contributed by atoms with Gasteiger partial charge in [0.05, 0.1) is 4.90 Å². The van der Waals surface area contributed by atoms with Crippen LogP contribution in [0.15, 0.2) is 23.1 Å². The minimum Gasteiger partial charge on any atom is -0.208 e. The van der Waals surface area contributed by atoms with Crippen LogP contribution in [-0.4, -0.2) is 14.5 Å². The molecule has 0 saturated heterocycles. The van der Waals surface area contributed by atoms with Gasteiger partial charge in [0, 0.05) is 11.1 Å². The monoisotopic (exact) mass is 287 g/mol. The van der Waals surface area contributed by atoms with Crippen molar-refractivity contribution < 1.29 is 8.42 Å². The molecule has 3 nitrogen and oxygen atoms in total. The Balaban J connectivity index is 2.21. The number of sulfonamides is 1. The zero-order chi connectivity index (χ0) is 13.2. The third-order valence-corrected chi connectivity index (χ3v) is 5.26. The van der Waals surface area contributed by atoms with Crippen LogP contribution in [0.2, 0.25) is 5.02 Å². The molecule has 0 amide bonds. The van der Waals surface area contributed by atoms with E-state index < -0.39 is 10.0 Å². The Kier molecular flexibility index (Phi) is 4.30. The van der Waals surface area contributed by atoms with Crippen molar-refractivity contribution >= 4 is 21.6 Å². The molecule has 18 heavy (non-hydrogen) atoms. The Hall–Kier alpha value is -0.580. The van der Waals surface area contributed by atoms with Crippen molar-refractivity contribution in [2.24, 2.45) is 0 Å². The Morgan fingerprint density at radius 1 is 1.22 bits per heavy atom. The molecule has 0 heterocycles. The van der Waals surface area contributed by atoms with Crippen molar-refractivity contribution in [1.82, 2.24) is 4.72 Å². The molecule has 1 N–H and O–H groups in total. The van der Waals surface area contributed by atoms with E-state index in [0.29, 0.717) is 9.92 Å². The van der Waals surface area contributed by atoms with E-state index in [0.717, 1.165) is 31.2 Å². The number of hydrogen-bond donors (Lipinski definition) is 1. The molecule has 0 aliphatic heterocycles. The van der Waals surface area contributed by atoms with Gasteiger partial charge in [0.25, 0.3) is 0 Å². The second kappa shape index (κ2) is 5.59. The molecule has 0 aromatic heterocycles. The number of nitrogens with one attached hydrogen (secondary N) is 1. The molecule has 1 fully saturated rings. The number of hydrogen-bond acceptors (Lipinski definition) is 2. The highest BCUT2D eigenvalue weighted by molar-refractivity contribution is 7.89. The molecule has 1 aliphatic rings. The average Bonchev–Trinajstić information content (AvgIpc) is 2.33. The summed E-state index contributed by atoms with van der Waals surface area (Å²) in [5.74, 6) is 0. The molecule has 0 spiro atoms. The molecule has 0 bridgehead atoms. The molecule has 0 unspecified atom stereocenters. The van der Waals surface area contributed by atoms with Crippen LogP contribution in [0.25, 0.3) is 0 Å². The van der Waals surface area contributed by atoms with Gasteiger partial charge in [-0.15, -0.1) is 0 Å². The van der Waals surface area contributed by atoms with E-state index in [4.69, 9.17) is 11.6 Å². The highest BCUT2D eigenvalue weighted by atomic mass is 35.5. The van der Waals surface area contributed by atoms with Crippen LogP contribution in [0.5, 0.6) is 0 Å². The van der Waals surface area contributed by atoms with Crippen molar-refractivity contribution in [3.8, 4) is 0 Å². The highest BCUT2D eigenvalue weighted by Gasteiger charge is 2.23. The maximum atomic E-state index is 12.3. The highest BCUT2D eigenvalue weighted by Crippen LogP contribution is 2.23. The first-order chi connectivity index (χ1) is 8.49. The smallest absolute Gasteiger partial charge is 0.208 e. The molecule has 1 aliphatic carbocycles. The summed E-state index contributed by atoms with van der Waals surface area (Å²) in [4.78, 5) is 0.292. The standard InChI is InChI=1S/C13H18ClNO2S/c1-10-7-8-11(14)9-13(10)18(16,17)15-12-5-3-2-4-6-12/h7-9,12,15H,2-6H2,1H3. The Labute approximate surface area is 114 Å². The molecule has 1 saturated carbocycles. The first-order valence-corrected chi connectivity index (χ1v) is 8.13. The Bertz CT molecular complexity index is 522. The fourth-order valence-corrected chi connectivity index (χ4v) is 4.18. The summed E-state index contributed by atoms with van der Waals surface area (Å²) >= 11 is 5.87. The molecule has 0 atom stereocenters. The van der Waals surface area contributed by atoms with Gasteiger partial charge in [-0.25, -0.2) is 13.1 Å². The predicted molar refractivity (Wildman–Crippen MR) is 73.4 cm³/mol. The van der Waals surface area contributed by atoms with E-state index in [-0.39, 0.29) is 6.04 Å². The minimum absolute atomic E-state index is 0.0714. The van der Waals surface area contributed by atoms with Crippen LogP contribution in [0.1, 0.15) is 37.7 Å². The molecule has 5 heteroatoms. The fraction of sp³-hybridized carbons (Fsp3) is 0.538. The first kappa shape index (κ1) is 13.8. The molecule has 0 radical (unpaired) electrons. The van der Waals surface area contributed by atoms with E-state index in [1.807, 2.05) is 0 Å². The summed E-state index contributed by atoms with van der Waals surface area (Å²) in [6, 6.07) is 5.03. The van der Waals surface area contributed by atoms with Crippen LogP contribution >= 0.6 is 11.6 Å². The van der Waals surface area contributed by atoms with Crippen molar-refractivity contribution in [2.75, 3.05) is 0 Å². The molecule has 100 valence electrons. The Morgan fingerprint density at radius 2 is 1.89 bits per heavy atom. The topological polar surface area (TPSA) is 46.2 Å². The zero-order valence-electron chi connectivity index (χ0n) is 10.4. The van der Waals surface area contributed by atoms with E-state index in [1.54, 1.807) is 19.1 Å². The summed E-state index contributed by atoms with van der Waals surface area (Å²) in [7, 11) is -3.45. The van der Waals surface area contributed by atoms with Gasteiger partial charge in [-0.3, -0.25) is 0 Å². The van der Waals surface area contributed by atoms with Crippen LogP contribution in [0.4, 0.5) is 0 Å². The first-order valence-electron chi connectivity index (χ1n) is 6.27.